The Morgan fingerprint density at radius 1 is 1.26 bits per heavy atom. The van der Waals surface area contributed by atoms with Gasteiger partial charge in [-0.05, 0) is 41.5 Å². The fraction of sp³-hybridized carbons (Fsp3) is 0.158. The first kappa shape index (κ1) is 18.8. The number of para-hydroxylation sites is 1. The molecule has 0 atom stereocenters. The summed E-state index contributed by atoms with van der Waals surface area (Å²) < 4.78 is 35.6. The highest BCUT2D eigenvalue weighted by Crippen LogP contribution is 2.33. The molecule has 0 aliphatic rings. The van der Waals surface area contributed by atoms with E-state index >= 15 is 0 Å². The van der Waals surface area contributed by atoms with Crippen LogP contribution in [0.25, 0.3) is 21.9 Å². The van der Waals surface area contributed by atoms with Crippen molar-refractivity contribution in [3.63, 3.8) is 0 Å². The Labute approximate surface area is 157 Å². The van der Waals surface area contributed by atoms with Crippen LogP contribution < -0.4 is 9.47 Å². The molecule has 0 spiro atoms. The van der Waals surface area contributed by atoms with E-state index < -0.39 is 12.6 Å². The van der Waals surface area contributed by atoms with E-state index in [-0.39, 0.29) is 17.9 Å². The van der Waals surface area contributed by atoms with Gasteiger partial charge >= 0.3 is 12.6 Å². The molecule has 0 fully saturated rings. The van der Waals surface area contributed by atoms with Gasteiger partial charge in [-0.25, -0.2) is 4.98 Å². The first-order valence-corrected chi connectivity index (χ1v) is 8.69. The van der Waals surface area contributed by atoms with Gasteiger partial charge in [0.15, 0.2) is 11.5 Å². The van der Waals surface area contributed by atoms with Gasteiger partial charge in [0.05, 0.1) is 23.7 Å². The summed E-state index contributed by atoms with van der Waals surface area (Å²) in [5.41, 5.74) is 1.74. The molecule has 1 heterocycles. The minimum absolute atomic E-state index is 0.125. The first-order valence-electron chi connectivity index (χ1n) is 7.87. The average molecular weight is 391 g/mol. The van der Waals surface area contributed by atoms with Crippen LogP contribution in [0.15, 0.2) is 42.5 Å². The van der Waals surface area contributed by atoms with Gasteiger partial charge in [-0.15, -0.1) is 11.3 Å². The Morgan fingerprint density at radius 3 is 2.70 bits per heavy atom. The molecular formula is C19H15F2NO4S. The predicted octanol–water partition coefficient (Wildman–Crippen LogP) is 4.92. The summed E-state index contributed by atoms with van der Waals surface area (Å²) in [6, 6.07) is 12.0. The van der Waals surface area contributed by atoms with Crippen molar-refractivity contribution in [3.8, 4) is 11.5 Å². The highest BCUT2D eigenvalue weighted by molar-refractivity contribution is 7.19. The number of carboxylic acids is 1. The third-order valence-electron chi connectivity index (χ3n) is 3.65. The Balaban J connectivity index is 2.04. The quantitative estimate of drug-likeness (QED) is 0.619. The van der Waals surface area contributed by atoms with Crippen LogP contribution in [-0.4, -0.2) is 29.8 Å². The Morgan fingerprint density at radius 2 is 2.04 bits per heavy atom. The van der Waals surface area contributed by atoms with E-state index in [1.807, 2.05) is 24.3 Å². The number of carboxylic acid groups (broad SMARTS) is 1. The smallest absolute Gasteiger partial charge is 0.387 e. The minimum Gasteiger partial charge on any atom is -0.493 e. The van der Waals surface area contributed by atoms with Crippen LogP contribution >= 0.6 is 11.3 Å². The Kier molecular flexibility index (Phi) is 5.66. The second kappa shape index (κ2) is 8.13. The number of alkyl halides is 2. The first-order chi connectivity index (χ1) is 13.0. The summed E-state index contributed by atoms with van der Waals surface area (Å²) >= 11 is 1.37. The SMILES string of the molecule is COc1ccc(C=C(CC(=O)O)c2nc3ccccc3s2)cc1OC(F)F. The number of aliphatic carboxylic acids is 1. The van der Waals surface area contributed by atoms with Crippen molar-refractivity contribution < 1.29 is 28.2 Å². The number of benzene rings is 2. The lowest BCUT2D eigenvalue weighted by atomic mass is 10.1. The van der Waals surface area contributed by atoms with Crippen molar-refractivity contribution in [1.29, 1.82) is 0 Å². The Bertz CT molecular complexity index is 967. The van der Waals surface area contributed by atoms with Gasteiger partial charge in [0.25, 0.3) is 0 Å². The molecule has 0 aliphatic heterocycles. The van der Waals surface area contributed by atoms with Gasteiger partial charge in [0.1, 0.15) is 5.01 Å². The molecule has 140 valence electrons. The molecule has 1 aromatic heterocycles. The number of methoxy groups -OCH3 is 1. The second-order valence-electron chi connectivity index (χ2n) is 5.52. The third-order valence-corrected chi connectivity index (χ3v) is 4.77. The average Bonchev–Trinajstić information content (AvgIpc) is 3.05. The number of hydrogen-bond donors (Lipinski definition) is 1. The maximum Gasteiger partial charge on any atom is 0.387 e. The number of thiazole rings is 1. The zero-order valence-electron chi connectivity index (χ0n) is 14.2. The number of rotatable bonds is 7. The van der Waals surface area contributed by atoms with Gasteiger partial charge < -0.3 is 14.6 Å². The number of ether oxygens (including phenoxy) is 2. The van der Waals surface area contributed by atoms with E-state index in [9.17, 15) is 18.7 Å². The van der Waals surface area contributed by atoms with Crippen molar-refractivity contribution in [2.75, 3.05) is 7.11 Å². The molecule has 0 amide bonds. The summed E-state index contributed by atoms with van der Waals surface area (Å²) in [5.74, 6) is -0.981. The van der Waals surface area contributed by atoms with Crippen LogP contribution in [0.1, 0.15) is 17.0 Å². The lowest BCUT2D eigenvalue weighted by Gasteiger charge is -2.10. The molecule has 8 heteroatoms. The molecule has 0 bridgehead atoms. The summed E-state index contributed by atoms with van der Waals surface area (Å²) in [4.78, 5) is 15.8. The van der Waals surface area contributed by atoms with Crippen molar-refractivity contribution >= 4 is 39.2 Å². The highest BCUT2D eigenvalue weighted by atomic mass is 32.1. The molecule has 27 heavy (non-hydrogen) atoms. The van der Waals surface area contributed by atoms with Crippen LogP contribution in [0.4, 0.5) is 8.78 Å². The minimum atomic E-state index is -3.00. The van der Waals surface area contributed by atoms with E-state index in [2.05, 4.69) is 9.72 Å². The van der Waals surface area contributed by atoms with E-state index in [4.69, 9.17) is 4.74 Å². The molecule has 3 aromatic rings. The monoisotopic (exact) mass is 391 g/mol. The maximum absolute atomic E-state index is 12.6. The van der Waals surface area contributed by atoms with Crippen molar-refractivity contribution in [3.05, 3.63) is 53.0 Å². The van der Waals surface area contributed by atoms with E-state index in [1.54, 1.807) is 12.1 Å². The second-order valence-corrected chi connectivity index (χ2v) is 6.55. The fourth-order valence-electron chi connectivity index (χ4n) is 2.53. The number of hydrogen-bond acceptors (Lipinski definition) is 5. The standard InChI is InChI=1S/C19H15F2NO4S/c1-25-14-7-6-11(9-15(14)26-19(20)21)8-12(10-17(23)24)18-22-13-4-2-3-5-16(13)27-18/h2-9,19H,10H2,1H3,(H,23,24). The fourth-order valence-corrected chi connectivity index (χ4v) is 3.51. The van der Waals surface area contributed by atoms with Gasteiger partial charge in [0, 0.05) is 0 Å². The summed E-state index contributed by atoms with van der Waals surface area (Å²) in [6.07, 6.45) is 1.35. The number of fused-ring (bicyclic) bond motifs is 1. The lowest BCUT2D eigenvalue weighted by molar-refractivity contribution is -0.135. The molecule has 0 aliphatic carbocycles. The number of nitrogens with zero attached hydrogens (tertiary/aromatic N) is 1. The summed E-state index contributed by atoms with van der Waals surface area (Å²) in [6.45, 7) is -3.00. The molecule has 0 saturated heterocycles. The van der Waals surface area contributed by atoms with Crippen LogP contribution in [0, 0.1) is 0 Å². The molecule has 3 rings (SSSR count). The van der Waals surface area contributed by atoms with Gasteiger partial charge in [-0.1, -0.05) is 18.2 Å². The summed E-state index contributed by atoms with van der Waals surface area (Å²) in [7, 11) is 1.35. The normalized spacial score (nSPS) is 11.8. The van der Waals surface area contributed by atoms with E-state index in [0.717, 1.165) is 10.2 Å². The van der Waals surface area contributed by atoms with Crippen LogP contribution in [-0.2, 0) is 4.79 Å². The molecule has 0 saturated carbocycles. The largest absolute Gasteiger partial charge is 0.493 e. The predicted molar refractivity (Wildman–Crippen MR) is 99.4 cm³/mol. The van der Waals surface area contributed by atoms with Crippen LogP contribution in [0.3, 0.4) is 0 Å². The van der Waals surface area contributed by atoms with Crippen LogP contribution in [0.5, 0.6) is 11.5 Å². The van der Waals surface area contributed by atoms with Crippen molar-refractivity contribution in [2.45, 2.75) is 13.0 Å². The van der Waals surface area contributed by atoms with Gasteiger partial charge in [-0.2, -0.15) is 8.78 Å². The van der Waals surface area contributed by atoms with Crippen LogP contribution in [0.2, 0.25) is 0 Å². The van der Waals surface area contributed by atoms with Crippen molar-refractivity contribution in [1.82, 2.24) is 4.98 Å². The third kappa shape index (κ3) is 4.59. The molecule has 0 unspecified atom stereocenters. The number of carbonyl (C=O) groups is 1. The van der Waals surface area contributed by atoms with Gasteiger partial charge in [0.2, 0.25) is 0 Å². The molecule has 0 radical (unpaired) electrons. The highest BCUT2D eigenvalue weighted by Gasteiger charge is 2.15. The molecular weight excluding hydrogens is 376 g/mol. The zero-order chi connectivity index (χ0) is 19.4. The molecule has 2 aromatic carbocycles. The Hall–Kier alpha value is -3.00. The summed E-state index contributed by atoms with van der Waals surface area (Å²) in [5, 5.41) is 9.81. The number of halogens is 2. The van der Waals surface area contributed by atoms with E-state index in [1.165, 1.54) is 30.6 Å². The maximum atomic E-state index is 12.6. The zero-order valence-corrected chi connectivity index (χ0v) is 15.0. The lowest BCUT2D eigenvalue weighted by Crippen LogP contribution is -2.03. The number of aromatic nitrogens is 1. The van der Waals surface area contributed by atoms with Gasteiger partial charge in [-0.3, -0.25) is 4.79 Å². The molecule has 1 N–H and O–H groups in total. The van der Waals surface area contributed by atoms with E-state index in [0.29, 0.717) is 16.1 Å². The topological polar surface area (TPSA) is 68.7 Å². The molecule has 5 nitrogen and oxygen atoms in total. The van der Waals surface area contributed by atoms with Crippen molar-refractivity contribution in [2.24, 2.45) is 0 Å².